The molecule has 0 bridgehead atoms. The summed E-state index contributed by atoms with van der Waals surface area (Å²) in [4.78, 5) is 21.5. The fourth-order valence-electron chi connectivity index (χ4n) is 0.749. The van der Waals surface area contributed by atoms with Gasteiger partial charge in [-0.15, -0.1) is 11.3 Å². The van der Waals surface area contributed by atoms with Crippen molar-refractivity contribution in [3.05, 3.63) is 15.8 Å². The summed E-state index contributed by atoms with van der Waals surface area (Å²) in [6.45, 7) is 1.76. The van der Waals surface area contributed by atoms with Crippen molar-refractivity contribution >= 4 is 29.1 Å². The minimum absolute atomic E-state index is 0.205. The van der Waals surface area contributed by atoms with Crippen molar-refractivity contribution in [2.75, 3.05) is 5.73 Å². The quantitative estimate of drug-likeness (QED) is 0.519. The molecule has 0 unspecified atom stereocenters. The largest absolute Gasteiger partial charge is 0.412 e. The number of nitrogens with two attached hydrogens (primary N) is 2. The fourth-order valence-corrected chi connectivity index (χ4v) is 1.60. The SMILES string of the molecule is Cc1csc(C(=O)OC(N)=O)c1N. The third kappa shape index (κ3) is 1.97. The van der Waals surface area contributed by atoms with Gasteiger partial charge in [0, 0.05) is 0 Å². The molecule has 1 heterocycles. The number of ether oxygens (including phenoxy) is 1. The van der Waals surface area contributed by atoms with Gasteiger partial charge in [0.1, 0.15) is 4.88 Å². The molecule has 0 radical (unpaired) electrons. The van der Waals surface area contributed by atoms with Crippen LogP contribution in [-0.2, 0) is 4.74 Å². The first-order valence-electron chi connectivity index (χ1n) is 3.37. The van der Waals surface area contributed by atoms with Crippen LogP contribution >= 0.6 is 11.3 Å². The Hall–Kier alpha value is -1.56. The minimum atomic E-state index is -1.13. The summed E-state index contributed by atoms with van der Waals surface area (Å²) < 4.78 is 4.16. The highest BCUT2D eigenvalue weighted by Crippen LogP contribution is 2.24. The zero-order valence-electron chi connectivity index (χ0n) is 6.87. The first kappa shape index (κ1) is 9.53. The van der Waals surface area contributed by atoms with Crippen molar-refractivity contribution in [3.63, 3.8) is 0 Å². The molecule has 0 atom stereocenters. The maximum atomic E-state index is 11.1. The van der Waals surface area contributed by atoms with Crippen LogP contribution in [0.3, 0.4) is 0 Å². The van der Waals surface area contributed by atoms with Gasteiger partial charge < -0.3 is 16.2 Å². The lowest BCUT2D eigenvalue weighted by molar-refractivity contribution is 0.0644. The first-order chi connectivity index (χ1) is 6.02. The highest BCUT2D eigenvalue weighted by Gasteiger charge is 2.16. The van der Waals surface area contributed by atoms with Gasteiger partial charge in [-0.2, -0.15) is 0 Å². The molecular weight excluding hydrogens is 192 g/mol. The van der Waals surface area contributed by atoms with Crippen LogP contribution in [0.25, 0.3) is 0 Å². The van der Waals surface area contributed by atoms with E-state index in [0.717, 1.165) is 16.9 Å². The lowest BCUT2D eigenvalue weighted by atomic mass is 10.3. The molecule has 0 fully saturated rings. The van der Waals surface area contributed by atoms with E-state index in [1.54, 1.807) is 12.3 Å². The standard InChI is InChI=1S/C7H8N2O3S/c1-3-2-13-5(4(3)8)6(10)12-7(9)11/h2H,8H2,1H3,(H2,9,11). The summed E-state index contributed by atoms with van der Waals surface area (Å²) in [7, 11) is 0. The number of hydrogen-bond acceptors (Lipinski definition) is 5. The number of esters is 1. The number of aryl methyl sites for hydroxylation is 1. The van der Waals surface area contributed by atoms with Crippen molar-refractivity contribution in [2.24, 2.45) is 5.73 Å². The molecule has 1 rings (SSSR count). The number of primary amides is 1. The number of amides is 1. The average molecular weight is 200 g/mol. The highest BCUT2D eigenvalue weighted by atomic mass is 32.1. The van der Waals surface area contributed by atoms with Gasteiger partial charge in [0.25, 0.3) is 0 Å². The van der Waals surface area contributed by atoms with Crippen LogP contribution in [-0.4, -0.2) is 12.1 Å². The van der Waals surface area contributed by atoms with Gasteiger partial charge in [-0.05, 0) is 17.9 Å². The Bertz CT molecular complexity index is 359. The second-order valence-electron chi connectivity index (χ2n) is 2.37. The maximum absolute atomic E-state index is 11.1. The number of hydrogen-bond donors (Lipinski definition) is 2. The topological polar surface area (TPSA) is 95.4 Å². The second-order valence-corrected chi connectivity index (χ2v) is 3.25. The molecule has 13 heavy (non-hydrogen) atoms. The second kappa shape index (κ2) is 3.44. The summed E-state index contributed by atoms with van der Waals surface area (Å²) in [5, 5.41) is 1.70. The molecule has 0 saturated carbocycles. The van der Waals surface area contributed by atoms with Gasteiger partial charge in [-0.25, -0.2) is 9.59 Å². The van der Waals surface area contributed by atoms with Crippen molar-refractivity contribution < 1.29 is 14.3 Å². The maximum Gasteiger partial charge on any atom is 0.412 e. The highest BCUT2D eigenvalue weighted by molar-refractivity contribution is 7.12. The monoisotopic (exact) mass is 200 g/mol. The molecule has 0 aliphatic heterocycles. The zero-order valence-corrected chi connectivity index (χ0v) is 7.68. The molecule has 0 aromatic carbocycles. The van der Waals surface area contributed by atoms with Gasteiger partial charge in [0.05, 0.1) is 5.69 Å². The van der Waals surface area contributed by atoms with Gasteiger partial charge in [-0.1, -0.05) is 0 Å². The summed E-state index contributed by atoms with van der Waals surface area (Å²) in [6, 6.07) is 0. The summed E-state index contributed by atoms with van der Waals surface area (Å²) >= 11 is 1.12. The van der Waals surface area contributed by atoms with E-state index < -0.39 is 12.1 Å². The van der Waals surface area contributed by atoms with Crippen LogP contribution in [0.4, 0.5) is 10.5 Å². The number of anilines is 1. The summed E-state index contributed by atoms with van der Waals surface area (Å²) in [5.74, 6) is -0.803. The molecule has 0 saturated heterocycles. The molecule has 0 aliphatic rings. The third-order valence-corrected chi connectivity index (χ3v) is 2.50. The smallest absolute Gasteiger partial charge is 0.397 e. The third-order valence-electron chi connectivity index (χ3n) is 1.40. The molecule has 6 heteroatoms. The molecule has 0 spiro atoms. The Morgan fingerprint density at radius 2 is 2.15 bits per heavy atom. The molecule has 4 N–H and O–H groups in total. The molecule has 1 aromatic rings. The van der Waals surface area contributed by atoms with Crippen molar-refractivity contribution in [3.8, 4) is 0 Å². The van der Waals surface area contributed by atoms with E-state index in [0.29, 0.717) is 5.69 Å². The number of rotatable bonds is 1. The summed E-state index contributed by atoms with van der Waals surface area (Å²) in [6.07, 6.45) is -1.13. The van der Waals surface area contributed by atoms with E-state index in [2.05, 4.69) is 10.5 Å². The molecule has 0 aliphatic carbocycles. The van der Waals surface area contributed by atoms with E-state index in [9.17, 15) is 9.59 Å². The van der Waals surface area contributed by atoms with Crippen molar-refractivity contribution in [1.82, 2.24) is 0 Å². The van der Waals surface area contributed by atoms with Gasteiger partial charge in [0.15, 0.2) is 0 Å². The molecular formula is C7H8N2O3S. The van der Waals surface area contributed by atoms with Gasteiger partial charge in [0.2, 0.25) is 0 Å². The van der Waals surface area contributed by atoms with Crippen LogP contribution < -0.4 is 11.5 Å². The Kier molecular flexibility index (Phi) is 2.52. The first-order valence-corrected chi connectivity index (χ1v) is 4.25. The Morgan fingerprint density at radius 1 is 1.54 bits per heavy atom. The van der Waals surface area contributed by atoms with E-state index >= 15 is 0 Å². The van der Waals surface area contributed by atoms with Crippen LogP contribution in [0.1, 0.15) is 15.2 Å². The number of nitrogen functional groups attached to an aromatic ring is 1. The van der Waals surface area contributed by atoms with E-state index in [-0.39, 0.29) is 4.88 Å². The van der Waals surface area contributed by atoms with Crippen LogP contribution in [0.5, 0.6) is 0 Å². The minimum Gasteiger partial charge on any atom is -0.397 e. The Morgan fingerprint density at radius 3 is 2.54 bits per heavy atom. The van der Waals surface area contributed by atoms with Crippen LogP contribution in [0.2, 0.25) is 0 Å². The number of carbonyl (C=O) groups is 2. The zero-order chi connectivity index (χ0) is 10.0. The van der Waals surface area contributed by atoms with Gasteiger partial charge in [-0.3, -0.25) is 0 Å². The Labute approximate surface area is 78.3 Å². The van der Waals surface area contributed by atoms with E-state index in [1.807, 2.05) is 0 Å². The molecule has 1 aromatic heterocycles. The molecule has 70 valence electrons. The van der Waals surface area contributed by atoms with Crippen LogP contribution in [0.15, 0.2) is 5.38 Å². The molecule has 5 nitrogen and oxygen atoms in total. The normalized spacial score (nSPS) is 9.62. The van der Waals surface area contributed by atoms with E-state index in [1.165, 1.54) is 0 Å². The lowest BCUT2D eigenvalue weighted by Gasteiger charge is -1.97. The number of carbonyl (C=O) groups excluding carboxylic acids is 2. The lowest BCUT2D eigenvalue weighted by Crippen LogP contribution is -2.18. The van der Waals surface area contributed by atoms with Crippen LogP contribution in [0, 0.1) is 6.92 Å². The predicted molar refractivity (Wildman–Crippen MR) is 48.5 cm³/mol. The van der Waals surface area contributed by atoms with Crippen molar-refractivity contribution in [2.45, 2.75) is 6.92 Å². The Balaban J connectivity index is 2.89. The predicted octanol–water partition coefficient (Wildman–Crippen LogP) is 0.874. The van der Waals surface area contributed by atoms with Gasteiger partial charge >= 0.3 is 12.1 Å². The fraction of sp³-hybridized carbons (Fsp3) is 0.143. The average Bonchev–Trinajstić information content (AvgIpc) is 2.31. The van der Waals surface area contributed by atoms with Crippen molar-refractivity contribution in [1.29, 1.82) is 0 Å². The number of thiophene rings is 1. The molecule has 1 amide bonds. The summed E-state index contributed by atoms with van der Waals surface area (Å²) in [5.41, 5.74) is 11.3. The van der Waals surface area contributed by atoms with E-state index in [4.69, 9.17) is 5.73 Å².